The first-order valence-electron chi connectivity index (χ1n) is 21.2. The van der Waals surface area contributed by atoms with Crippen LogP contribution in [0.1, 0.15) is 64.0 Å². The van der Waals surface area contributed by atoms with Crippen LogP contribution in [-0.4, -0.2) is 49.0 Å². The molecule has 0 aliphatic rings. The third-order valence-electron chi connectivity index (χ3n) is 8.24. The number of nitrogens with zero attached hydrogens (tertiary/aromatic N) is 3. The van der Waals surface area contributed by atoms with E-state index in [1.165, 1.54) is 29.2 Å². The number of unbranched alkanes of at least 4 members (excludes halogenated alkanes) is 2. The van der Waals surface area contributed by atoms with Crippen LogP contribution < -0.4 is 29.0 Å². The number of pyridine rings is 3. The van der Waals surface area contributed by atoms with E-state index in [0.717, 1.165) is 25.1 Å². The topological polar surface area (TPSA) is 211 Å². The van der Waals surface area contributed by atoms with Gasteiger partial charge in [-0.15, -0.1) is 0 Å². The van der Waals surface area contributed by atoms with Gasteiger partial charge in [-0.25, -0.2) is 28.1 Å². The lowest BCUT2D eigenvalue weighted by molar-refractivity contribution is -0.697. The summed E-state index contributed by atoms with van der Waals surface area (Å²) in [6, 6.07) is 42.0. The molecule has 0 fully saturated rings. The van der Waals surface area contributed by atoms with Gasteiger partial charge in [0.25, 0.3) is 0 Å². The highest BCUT2D eigenvalue weighted by Crippen LogP contribution is 2.09. The van der Waals surface area contributed by atoms with E-state index in [1.54, 1.807) is 31.2 Å². The standard InChI is InChI=1S/C12H12N.C10H10N.C9H14N.C9H8O4.C6H10O4.C5H8O4/c1-3-7-12(8-4-1)11-13-9-5-2-6-10-13;1-11-7-6-9-4-2-3-5-10(9)8-11;1-2-3-7-10-8-5-4-6-9-10;10-8(11)9(12)13-6-7-4-2-1-3-5-7;1-2-3-4-10-6(9)5(7)8;1-2-3-9-5(8)4(6)7/h1-10H,11H2;2-8H,1H3;4-6,8-9H,2-3,7H2,1H3;1-5H,6H2,(H,10,11);2-4H2,1H3,(H,7,8);2-3H2,1H3,(H,6,7)/q3*+1;;;/p-3. The van der Waals surface area contributed by atoms with Crippen molar-refractivity contribution in [3.63, 3.8) is 0 Å². The van der Waals surface area contributed by atoms with E-state index in [9.17, 15) is 44.1 Å². The van der Waals surface area contributed by atoms with E-state index in [1.807, 2.05) is 50.4 Å². The Hall–Kier alpha value is -7.81. The van der Waals surface area contributed by atoms with Gasteiger partial charge in [0, 0.05) is 47.7 Å². The van der Waals surface area contributed by atoms with Crippen LogP contribution in [0.25, 0.3) is 10.8 Å². The number of aromatic nitrogens is 3. The maximum Gasteiger partial charge on any atom is 0.354 e. The van der Waals surface area contributed by atoms with Gasteiger partial charge >= 0.3 is 17.9 Å². The van der Waals surface area contributed by atoms with Crippen LogP contribution >= 0.6 is 0 Å². The second-order valence-electron chi connectivity index (χ2n) is 13.8. The quantitative estimate of drug-likeness (QED) is 0.0571. The summed E-state index contributed by atoms with van der Waals surface area (Å²) in [5, 5.41) is 31.8. The van der Waals surface area contributed by atoms with Crippen LogP contribution in [-0.2, 0) is 69.7 Å². The van der Waals surface area contributed by atoms with Gasteiger partial charge in [-0.2, -0.15) is 0 Å². The fraction of sp³-hybridized carbons (Fsp3) is 0.275. The Balaban J connectivity index is 0.000000398. The zero-order chi connectivity index (χ0) is 48.8. The number of rotatable bonds is 12. The van der Waals surface area contributed by atoms with Crippen molar-refractivity contribution in [3.8, 4) is 0 Å². The first kappa shape index (κ1) is 56.2. The largest absolute Gasteiger partial charge is 0.539 e. The minimum absolute atomic E-state index is 0.0480. The number of aryl methyl sites for hydroxylation is 2. The van der Waals surface area contributed by atoms with Gasteiger partial charge in [0.2, 0.25) is 0 Å². The van der Waals surface area contributed by atoms with Crippen LogP contribution in [0.4, 0.5) is 0 Å². The third kappa shape index (κ3) is 28.0. The van der Waals surface area contributed by atoms with Crippen LogP contribution in [0.5, 0.6) is 0 Å². The Kier molecular flexibility index (Phi) is 30.3. The van der Waals surface area contributed by atoms with Crippen molar-refractivity contribution < 1.29 is 72.0 Å². The molecule has 15 heteroatoms. The number of aliphatic carboxylic acids is 3. The second kappa shape index (κ2) is 35.6. The molecule has 0 aliphatic carbocycles. The average Bonchev–Trinajstić information content (AvgIpc) is 3.34. The lowest BCUT2D eigenvalue weighted by Crippen LogP contribution is -2.33. The van der Waals surface area contributed by atoms with Gasteiger partial charge in [0.05, 0.1) is 13.2 Å². The lowest BCUT2D eigenvalue weighted by Gasteiger charge is -2.04. The number of carboxylic acids is 3. The van der Waals surface area contributed by atoms with Crippen molar-refractivity contribution in [3.05, 3.63) is 176 Å². The number of ether oxygens (including phenoxy) is 3. The zero-order valence-corrected chi connectivity index (χ0v) is 37.9. The molecule has 6 rings (SSSR count). The highest BCUT2D eigenvalue weighted by Gasteiger charge is 2.04. The van der Waals surface area contributed by atoms with E-state index in [0.29, 0.717) is 12.8 Å². The molecule has 66 heavy (non-hydrogen) atoms. The van der Waals surface area contributed by atoms with Crippen molar-refractivity contribution in [2.45, 2.75) is 72.6 Å². The number of carbonyl (C=O) groups excluding carboxylic acids is 6. The van der Waals surface area contributed by atoms with Crippen molar-refractivity contribution in [2.75, 3.05) is 13.2 Å². The highest BCUT2D eigenvalue weighted by atomic mass is 16.6. The molecule has 0 atom stereocenters. The predicted molar refractivity (Wildman–Crippen MR) is 237 cm³/mol. The molecule has 0 saturated heterocycles. The molecule has 0 unspecified atom stereocenters. The van der Waals surface area contributed by atoms with Crippen molar-refractivity contribution in [2.24, 2.45) is 7.05 Å². The number of carbonyl (C=O) groups is 6. The SMILES string of the molecule is CCCCOC(=O)C(=O)[O-].CCCC[n+]1ccccc1.CCCOC(=O)C(=O)[O-].C[n+]1ccc2ccccc2c1.O=C([O-])C(=O)OCc1ccccc1.c1ccc(C[n+]2ccccc2)cc1. The summed E-state index contributed by atoms with van der Waals surface area (Å²) in [5.74, 6) is -9.32. The van der Waals surface area contributed by atoms with Gasteiger partial charge < -0.3 is 43.9 Å². The molecule has 0 saturated carbocycles. The van der Waals surface area contributed by atoms with Crippen LogP contribution in [0, 0.1) is 0 Å². The maximum absolute atomic E-state index is 10.4. The van der Waals surface area contributed by atoms with E-state index < -0.39 is 35.8 Å². The summed E-state index contributed by atoms with van der Waals surface area (Å²) in [6.07, 6.45) is 17.2. The minimum atomic E-state index is -1.82. The monoisotopic (exact) mass is 905 g/mol. The fourth-order valence-corrected chi connectivity index (χ4v) is 4.90. The molecule has 15 nitrogen and oxygen atoms in total. The molecule has 0 spiro atoms. The van der Waals surface area contributed by atoms with Gasteiger partial charge in [0.15, 0.2) is 61.6 Å². The van der Waals surface area contributed by atoms with Crippen LogP contribution in [0.2, 0.25) is 0 Å². The molecule has 3 aromatic heterocycles. The number of benzene rings is 3. The molecule has 6 aromatic rings. The van der Waals surface area contributed by atoms with Crippen LogP contribution in [0.3, 0.4) is 0 Å². The Morgan fingerprint density at radius 3 is 1.39 bits per heavy atom. The summed E-state index contributed by atoms with van der Waals surface area (Å²) < 4.78 is 19.2. The molecule has 0 aliphatic heterocycles. The summed E-state index contributed by atoms with van der Waals surface area (Å²) in [4.78, 5) is 59.8. The maximum atomic E-state index is 10.4. The molecule has 3 aromatic carbocycles. The fourth-order valence-electron chi connectivity index (χ4n) is 4.90. The zero-order valence-electron chi connectivity index (χ0n) is 37.9. The Bertz CT molecular complexity index is 2240. The molecular weight excluding hydrogens is 847 g/mol. The normalized spacial score (nSPS) is 9.45. The van der Waals surface area contributed by atoms with Gasteiger partial charge in [-0.1, -0.05) is 125 Å². The van der Waals surface area contributed by atoms with Crippen molar-refractivity contribution in [1.82, 2.24) is 0 Å². The number of carboxylic acid groups (broad SMARTS) is 3. The first-order chi connectivity index (χ1) is 31.8. The number of esters is 3. The number of hydrogen-bond donors (Lipinski definition) is 0. The average molecular weight is 906 g/mol. The van der Waals surface area contributed by atoms with E-state index in [-0.39, 0.29) is 19.8 Å². The molecule has 350 valence electrons. The predicted octanol–water partition coefficient (Wildman–Crippen LogP) is 2.71. The Morgan fingerprint density at radius 1 is 0.455 bits per heavy atom. The Labute approximate surface area is 386 Å². The third-order valence-corrected chi connectivity index (χ3v) is 8.24. The molecule has 0 bridgehead atoms. The van der Waals surface area contributed by atoms with Gasteiger partial charge in [-0.3, -0.25) is 0 Å². The summed E-state index contributed by atoms with van der Waals surface area (Å²) in [5.41, 5.74) is 2.07. The summed E-state index contributed by atoms with van der Waals surface area (Å²) >= 11 is 0. The van der Waals surface area contributed by atoms with E-state index in [4.69, 9.17) is 0 Å². The second-order valence-corrected chi connectivity index (χ2v) is 13.8. The van der Waals surface area contributed by atoms with E-state index >= 15 is 0 Å². The van der Waals surface area contributed by atoms with Crippen molar-refractivity contribution in [1.29, 1.82) is 0 Å². The molecule has 0 radical (unpaired) electrons. The lowest BCUT2D eigenvalue weighted by atomic mass is 10.2. The molecule has 0 amide bonds. The first-order valence-corrected chi connectivity index (χ1v) is 21.2. The summed E-state index contributed by atoms with van der Waals surface area (Å²) in [7, 11) is 2.03. The highest BCUT2D eigenvalue weighted by molar-refractivity contribution is 6.28. The van der Waals surface area contributed by atoms with Gasteiger partial charge in [-0.05, 0) is 29.9 Å². The molecule has 3 heterocycles. The molecule has 0 N–H and O–H groups in total. The van der Waals surface area contributed by atoms with Crippen LogP contribution in [0.15, 0.2) is 165 Å². The molecular formula is C51H59N3O12. The number of hydrogen-bond acceptors (Lipinski definition) is 12. The minimum Gasteiger partial charge on any atom is -0.539 e. The van der Waals surface area contributed by atoms with Crippen molar-refractivity contribution >= 4 is 46.6 Å². The Morgan fingerprint density at radius 2 is 0.894 bits per heavy atom. The van der Waals surface area contributed by atoms with Gasteiger partial charge in [0.1, 0.15) is 20.2 Å². The van der Waals surface area contributed by atoms with E-state index in [2.05, 4.69) is 139 Å². The smallest absolute Gasteiger partial charge is 0.354 e. The number of fused-ring (bicyclic) bond motifs is 1. The summed E-state index contributed by atoms with van der Waals surface area (Å²) in [6.45, 7) is 8.22.